The third kappa shape index (κ3) is 3.61. The van der Waals surface area contributed by atoms with E-state index >= 15 is 0 Å². The van der Waals surface area contributed by atoms with Gasteiger partial charge in [-0.05, 0) is 6.42 Å². The lowest BCUT2D eigenvalue weighted by Gasteiger charge is -2.24. The highest BCUT2D eigenvalue weighted by atomic mass is 16.7. The molecule has 4 nitrogen and oxygen atoms in total. The zero-order valence-electron chi connectivity index (χ0n) is 9.99. The number of allylic oxidation sites excluding steroid dienone is 1. The first-order valence-corrected chi connectivity index (χ1v) is 5.86. The van der Waals surface area contributed by atoms with Gasteiger partial charge in [-0.2, -0.15) is 0 Å². The van der Waals surface area contributed by atoms with E-state index in [0.717, 1.165) is 12.8 Å². The average Bonchev–Trinajstić information content (AvgIpc) is 2.29. The van der Waals surface area contributed by atoms with E-state index in [0.29, 0.717) is 18.6 Å². The summed E-state index contributed by atoms with van der Waals surface area (Å²) in [6.45, 7) is 4.67. The summed E-state index contributed by atoms with van der Waals surface area (Å²) in [6, 6.07) is 0. The molecule has 1 saturated heterocycles. The van der Waals surface area contributed by atoms with Crippen LogP contribution in [0, 0.1) is 0 Å². The quantitative estimate of drug-likeness (QED) is 0.446. The Balaban J connectivity index is 2.43. The van der Waals surface area contributed by atoms with Gasteiger partial charge in [-0.15, -0.1) is 0 Å². The summed E-state index contributed by atoms with van der Waals surface area (Å²) in [7, 11) is 0. The van der Waals surface area contributed by atoms with Gasteiger partial charge >= 0.3 is 0 Å². The van der Waals surface area contributed by atoms with Crippen LogP contribution in [0.4, 0.5) is 0 Å². The van der Waals surface area contributed by atoms with Crippen LogP contribution in [0.15, 0.2) is 11.3 Å². The fourth-order valence-electron chi connectivity index (χ4n) is 1.51. The highest BCUT2D eigenvalue weighted by molar-refractivity contribution is 5.96. The molecule has 1 heterocycles. The molecule has 0 saturated carbocycles. The summed E-state index contributed by atoms with van der Waals surface area (Å²) in [5, 5.41) is 9.49. The van der Waals surface area contributed by atoms with Crippen molar-refractivity contribution in [3.05, 3.63) is 11.3 Å². The molecule has 1 atom stereocenters. The molecule has 4 heteroatoms. The Morgan fingerprint density at radius 2 is 2.31 bits per heavy atom. The molecule has 1 aliphatic rings. The summed E-state index contributed by atoms with van der Waals surface area (Å²) in [5.41, 5.74) is 0.401. The van der Waals surface area contributed by atoms with Crippen LogP contribution < -0.4 is 0 Å². The van der Waals surface area contributed by atoms with Crippen molar-refractivity contribution in [2.24, 2.45) is 0 Å². The van der Waals surface area contributed by atoms with E-state index in [-0.39, 0.29) is 24.6 Å². The normalized spacial score (nSPS) is 24.6. The van der Waals surface area contributed by atoms with Gasteiger partial charge in [-0.25, -0.2) is 0 Å². The molecule has 92 valence electrons. The molecule has 1 rings (SSSR count). The predicted octanol–water partition coefficient (Wildman–Crippen LogP) is 2.34. The molecule has 0 aromatic heterocycles. The van der Waals surface area contributed by atoms with Gasteiger partial charge in [0.2, 0.25) is 0 Å². The zero-order valence-corrected chi connectivity index (χ0v) is 9.99. The topological polar surface area (TPSA) is 55.8 Å². The number of hydrogen-bond acceptors (Lipinski definition) is 4. The molecule has 0 aromatic rings. The average molecular weight is 228 g/mol. The molecule has 0 bridgehead atoms. The Bertz CT molecular complexity index is 270. The maximum Gasteiger partial charge on any atom is 0.169 e. The predicted molar refractivity (Wildman–Crippen MR) is 60.2 cm³/mol. The van der Waals surface area contributed by atoms with Crippen LogP contribution in [0.5, 0.6) is 0 Å². The summed E-state index contributed by atoms with van der Waals surface area (Å²) in [4.78, 5) is 11.7. The molecule has 0 aliphatic carbocycles. The number of ketones is 1. The number of Topliss-reactive ketones (excluding diaryl/α,β-unsaturated/α-hetero) is 1. The Morgan fingerprint density at radius 3 is 2.88 bits per heavy atom. The first-order chi connectivity index (χ1) is 7.69. The van der Waals surface area contributed by atoms with Gasteiger partial charge in [0, 0.05) is 13.0 Å². The highest BCUT2D eigenvalue weighted by Crippen LogP contribution is 2.19. The van der Waals surface area contributed by atoms with Gasteiger partial charge in [-0.3, -0.25) is 4.79 Å². The van der Waals surface area contributed by atoms with Gasteiger partial charge in [0.15, 0.2) is 12.1 Å². The maximum absolute atomic E-state index is 11.7. The fraction of sp³-hybridized carbons (Fsp3) is 0.750. The molecule has 0 amide bonds. The minimum Gasteiger partial charge on any atom is -0.512 e. The minimum atomic E-state index is -0.438. The summed E-state index contributed by atoms with van der Waals surface area (Å²) < 4.78 is 10.8. The van der Waals surface area contributed by atoms with Crippen LogP contribution in [-0.4, -0.2) is 30.4 Å². The monoisotopic (exact) mass is 228 g/mol. The van der Waals surface area contributed by atoms with Crippen molar-refractivity contribution in [2.45, 2.75) is 45.8 Å². The number of hydrogen-bond donors (Lipinski definition) is 1. The molecule has 0 radical (unpaired) electrons. The number of aliphatic hydroxyl groups is 1. The molecular formula is C12H20O4. The maximum atomic E-state index is 11.7. The van der Waals surface area contributed by atoms with Crippen molar-refractivity contribution >= 4 is 5.78 Å². The van der Waals surface area contributed by atoms with E-state index in [4.69, 9.17) is 9.47 Å². The number of ether oxygens (including phenoxy) is 2. The van der Waals surface area contributed by atoms with Gasteiger partial charge in [0.05, 0.1) is 18.6 Å². The fourth-order valence-corrected chi connectivity index (χ4v) is 1.51. The molecule has 16 heavy (non-hydrogen) atoms. The second-order valence-electron chi connectivity index (χ2n) is 3.87. The zero-order chi connectivity index (χ0) is 12.0. The van der Waals surface area contributed by atoms with Crippen molar-refractivity contribution < 1.29 is 19.4 Å². The van der Waals surface area contributed by atoms with Crippen molar-refractivity contribution in [1.29, 1.82) is 0 Å². The van der Waals surface area contributed by atoms with Crippen LogP contribution in [0.1, 0.15) is 39.5 Å². The molecule has 1 unspecified atom stereocenters. The van der Waals surface area contributed by atoms with Gasteiger partial charge in [0.25, 0.3) is 0 Å². The lowest BCUT2D eigenvalue weighted by Crippen LogP contribution is -2.31. The SMILES string of the molecule is CCCCOC1CC(=O)/C(=C(\O)CC)CO1. The minimum absolute atomic E-state index is 0.0629. The Labute approximate surface area is 96.2 Å². The van der Waals surface area contributed by atoms with E-state index in [1.165, 1.54) is 0 Å². The highest BCUT2D eigenvalue weighted by Gasteiger charge is 2.26. The third-order valence-electron chi connectivity index (χ3n) is 2.59. The van der Waals surface area contributed by atoms with Crippen LogP contribution in [0.25, 0.3) is 0 Å². The van der Waals surface area contributed by atoms with Gasteiger partial charge in [0.1, 0.15) is 5.76 Å². The first-order valence-electron chi connectivity index (χ1n) is 5.86. The van der Waals surface area contributed by atoms with Crippen LogP contribution in [0.2, 0.25) is 0 Å². The van der Waals surface area contributed by atoms with E-state index in [9.17, 15) is 9.90 Å². The Morgan fingerprint density at radius 1 is 1.56 bits per heavy atom. The van der Waals surface area contributed by atoms with Gasteiger partial charge < -0.3 is 14.6 Å². The number of unbranched alkanes of at least 4 members (excludes halogenated alkanes) is 1. The van der Waals surface area contributed by atoms with Crippen molar-refractivity contribution in [3.63, 3.8) is 0 Å². The lowest BCUT2D eigenvalue weighted by atomic mass is 10.0. The number of carbonyl (C=O) groups is 1. The second-order valence-corrected chi connectivity index (χ2v) is 3.87. The lowest BCUT2D eigenvalue weighted by molar-refractivity contribution is -0.162. The van der Waals surface area contributed by atoms with E-state index in [2.05, 4.69) is 6.92 Å². The Kier molecular flexibility index (Phi) is 5.49. The van der Waals surface area contributed by atoms with Crippen LogP contribution in [-0.2, 0) is 14.3 Å². The van der Waals surface area contributed by atoms with Crippen molar-refractivity contribution in [1.82, 2.24) is 0 Å². The Hall–Kier alpha value is -0.870. The summed E-state index contributed by atoms with van der Waals surface area (Å²) in [5.74, 6) is 0.0732. The molecule has 1 N–H and O–H groups in total. The van der Waals surface area contributed by atoms with Crippen LogP contribution >= 0.6 is 0 Å². The van der Waals surface area contributed by atoms with Crippen molar-refractivity contribution in [3.8, 4) is 0 Å². The standard InChI is InChI=1S/C12H20O4/c1-3-5-6-15-12-7-11(14)9(8-16-12)10(13)4-2/h12-13H,3-8H2,1-2H3/b10-9-. The van der Waals surface area contributed by atoms with E-state index in [1.54, 1.807) is 6.92 Å². The van der Waals surface area contributed by atoms with Crippen LogP contribution in [0.3, 0.4) is 0 Å². The molecule has 0 aromatic carbocycles. The molecule has 1 fully saturated rings. The largest absolute Gasteiger partial charge is 0.512 e. The smallest absolute Gasteiger partial charge is 0.169 e. The van der Waals surface area contributed by atoms with E-state index < -0.39 is 6.29 Å². The van der Waals surface area contributed by atoms with Gasteiger partial charge in [-0.1, -0.05) is 20.3 Å². The number of rotatable bonds is 5. The molecule has 0 spiro atoms. The van der Waals surface area contributed by atoms with E-state index in [1.807, 2.05) is 0 Å². The summed E-state index contributed by atoms with van der Waals surface area (Å²) in [6.07, 6.45) is 2.27. The first kappa shape index (κ1) is 13.2. The molecule has 1 aliphatic heterocycles. The third-order valence-corrected chi connectivity index (χ3v) is 2.59. The number of aliphatic hydroxyl groups excluding tert-OH is 1. The number of carbonyl (C=O) groups excluding carboxylic acids is 1. The van der Waals surface area contributed by atoms with Crippen molar-refractivity contribution in [2.75, 3.05) is 13.2 Å². The summed E-state index contributed by atoms with van der Waals surface area (Å²) >= 11 is 0. The molecular weight excluding hydrogens is 208 g/mol. The second kappa shape index (κ2) is 6.66.